The first-order valence-electron chi connectivity index (χ1n) is 8.49. The van der Waals surface area contributed by atoms with Crippen molar-refractivity contribution in [2.75, 3.05) is 13.2 Å². The van der Waals surface area contributed by atoms with Crippen molar-refractivity contribution in [3.63, 3.8) is 0 Å². The van der Waals surface area contributed by atoms with Crippen LogP contribution >= 0.6 is 22.7 Å². The van der Waals surface area contributed by atoms with Gasteiger partial charge in [-0.05, 0) is 50.3 Å². The number of fused-ring (bicyclic) bond motifs is 2. The Morgan fingerprint density at radius 2 is 1.96 bits per heavy atom. The number of nitrogens with zero attached hydrogens (tertiary/aromatic N) is 4. The van der Waals surface area contributed by atoms with E-state index in [-0.39, 0.29) is 0 Å². The van der Waals surface area contributed by atoms with E-state index >= 15 is 0 Å². The van der Waals surface area contributed by atoms with Gasteiger partial charge >= 0.3 is 0 Å². The summed E-state index contributed by atoms with van der Waals surface area (Å²) in [4.78, 5) is 12.0. The van der Waals surface area contributed by atoms with Gasteiger partial charge in [-0.25, -0.2) is 14.5 Å². The first-order chi connectivity index (χ1) is 12.2. The van der Waals surface area contributed by atoms with Crippen LogP contribution in [0.2, 0.25) is 0 Å². The second-order valence-corrected chi connectivity index (χ2v) is 8.68. The van der Waals surface area contributed by atoms with Crippen LogP contribution in [0.5, 0.6) is 0 Å². The third-order valence-electron chi connectivity index (χ3n) is 4.68. The SMILES string of the molecule is Cc1cn2nc(-c3nc4sc(C5CCOCC5)cc4s3)cc(C)c2n1. The van der Waals surface area contributed by atoms with Crippen molar-refractivity contribution >= 4 is 37.9 Å². The largest absolute Gasteiger partial charge is 0.381 e. The van der Waals surface area contributed by atoms with Gasteiger partial charge in [0.25, 0.3) is 0 Å². The number of thiazole rings is 1. The Morgan fingerprint density at radius 1 is 1.12 bits per heavy atom. The van der Waals surface area contributed by atoms with E-state index in [1.807, 2.05) is 29.0 Å². The van der Waals surface area contributed by atoms with E-state index in [0.29, 0.717) is 5.92 Å². The van der Waals surface area contributed by atoms with E-state index in [1.165, 1.54) is 9.58 Å². The van der Waals surface area contributed by atoms with Gasteiger partial charge in [-0.1, -0.05) is 0 Å². The highest BCUT2D eigenvalue weighted by atomic mass is 32.1. The summed E-state index contributed by atoms with van der Waals surface area (Å²) < 4.78 is 8.61. The second kappa shape index (κ2) is 5.86. The summed E-state index contributed by atoms with van der Waals surface area (Å²) in [5.41, 5.74) is 3.94. The number of rotatable bonds is 2. The molecule has 1 aliphatic heterocycles. The Labute approximate surface area is 153 Å². The molecule has 25 heavy (non-hydrogen) atoms. The normalized spacial score (nSPS) is 16.2. The van der Waals surface area contributed by atoms with Gasteiger partial charge in [0, 0.05) is 18.1 Å². The van der Waals surface area contributed by atoms with Gasteiger partial charge < -0.3 is 4.74 Å². The quantitative estimate of drug-likeness (QED) is 0.518. The molecule has 4 aromatic heterocycles. The highest BCUT2D eigenvalue weighted by Crippen LogP contribution is 2.40. The molecule has 0 atom stereocenters. The van der Waals surface area contributed by atoms with Crippen LogP contribution in [0.3, 0.4) is 0 Å². The zero-order valence-corrected chi connectivity index (χ0v) is 15.8. The number of hydrogen-bond donors (Lipinski definition) is 0. The average Bonchev–Trinajstić information content (AvgIpc) is 3.27. The van der Waals surface area contributed by atoms with E-state index < -0.39 is 0 Å². The lowest BCUT2D eigenvalue weighted by atomic mass is 9.99. The molecule has 0 radical (unpaired) electrons. The predicted molar refractivity (Wildman–Crippen MR) is 102 cm³/mol. The van der Waals surface area contributed by atoms with E-state index in [1.54, 1.807) is 11.3 Å². The van der Waals surface area contributed by atoms with Crippen molar-refractivity contribution in [3.8, 4) is 10.7 Å². The number of aromatic nitrogens is 4. The third-order valence-corrected chi connectivity index (χ3v) is 7.03. The van der Waals surface area contributed by atoms with Crippen molar-refractivity contribution in [3.05, 3.63) is 34.5 Å². The topological polar surface area (TPSA) is 52.3 Å². The van der Waals surface area contributed by atoms with Gasteiger partial charge in [0.1, 0.15) is 15.5 Å². The Kier molecular flexibility index (Phi) is 3.62. The molecule has 0 saturated carbocycles. The predicted octanol–water partition coefficient (Wildman–Crippen LogP) is 4.58. The second-order valence-electron chi connectivity index (χ2n) is 6.59. The molecule has 4 aromatic rings. The van der Waals surface area contributed by atoms with Gasteiger partial charge in [0.15, 0.2) is 5.65 Å². The monoisotopic (exact) mass is 370 g/mol. The first-order valence-corrected chi connectivity index (χ1v) is 10.1. The van der Waals surface area contributed by atoms with E-state index in [0.717, 1.165) is 58.5 Å². The molecule has 1 aliphatic rings. The molecule has 0 aromatic carbocycles. The minimum Gasteiger partial charge on any atom is -0.381 e. The lowest BCUT2D eigenvalue weighted by Gasteiger charge is -2.20. The van der Waals surface area contributed by atoms with E-state index in [2.05, 4.69) is 24.0 Å². The van der Waals surface area contributed by atoms with Crippen LogP contribution in [0.1, 0.15) is 34.9 Å². The van der Waals surface area contributed by atoms with Gasteiger partial charge in [-0.3, -0.25) is 0 Å². The van der Waals surface area contributed by atoms with Crippen LogP contribution in [0.15, 0.2) is 18.3 Å². The van der Waals surface area contributed by atoms with Gasteiger partial charge in [-0.2, -0.15) is 5.10 Å². The van der Waals surface area contributed by atoms with Crippen LogP contribution in [0.4, 0.5) is 0 Å². The molecule has 0 N–H and O–H groups in total. The number of aryl methyl sites for hydroxylation is 2. The third kappa shape index (κ3) is 2.67. The Morgan fingerprint density at radius 3 is 2.76 bits per heavy atom. The van der Waals surface area contributed by atoms with Crippen LogP contribution in [-0.2, 0) is 4.74 Å². The van der Waals surface area contributed by atoms with Crippen molar-refractivity contribution in [2.45, 2.75) is 32.6 Å². The smallest absolute Gasteiger partial charge is 0.156 e. The van der Waals surface area contributed by atoms with E-state index in [4.69, 9.17) is 14.8 Å². The number of thiophene rings is 1. The molecule has 0 aliphatic carbocycles. The van der Waals surface area contributed by atoms with Gasteiger partial charge in [-0.15, -0.1) is 22.7 Å². The molecule has 1 fully saturated rings. The highest BCUT2D eigenvalue weighted by Gasteiger charge is 2.20. The van der Waals surface area contributed by atoms with Crippen LogP contribution in [-0.4, -0.2) is 32.8 Å². The van der Waals surface area contributed by atoms with Gasteiger partial charge in [0.2, 0.25) is 0 Å². The number of ether oxygens (including phenoxy) is 1. The average molecular weight is 371 g/mol. The Balaban J connectivity index is 1.53. The fourth-order valence-electron chi connectivity index (χ4n) is 3.39. The zero-order chi connectivity index (χ0) is 17.0. The summed E-state index contributed by atoms with van der Waals surface area (Å²) in [5.74, 6) is 0.634. The molecule has 5 nitrogen and oxygen atoms in total. The maximum atomic E-state index is 5.48. The van der Waals surface area contributed by atoms with Crippen molar-refractivity contribution in [1.82, 2.24) is 19.6 Å². The molecule has 128 valence electrons. The molecule has 7 heteroatoms. The summed E-state index contributed by atoms with van der Waals surface area (Å²) in [6.45, 7) is 5.82. The minimum absolute atomic E-state index is 0.634. The number of imidazole rings is 1. The molecular formula is C18H18N4OS2. The first kappa shape index (κ1) is 15.4. The number of hydrogen-bond acceptors (Lipinski definition) is 6. The van der Waals surface area contributed by atoms with Crippen LogP contribution in [0, 0.1) is 13.8 Å². The summed E-state index contributed by atoms with van der Waals surface area (Å²) in [5, 5.41) is 5.69. The molecule has 0 bridgehead atoms. The van der Waals surface area contributed by atoms with Crippen LogP contribution < -0.4 is 0 Å². The van der Waals surface area contributed by atoms with Crippen molar-refractivity contribution in [1.29, 1.82) is 0 Å². The van der Waals surface area contributed by atoms with Crippen molar-refractivity contribution < 1.29 is 4.74 Å². The summed E-state index contributed by atoms with van der Waals surface area (Å²) in [6.07, 6.45) is 4.21. The molecule has 0 amide bonds. The maximum Gasteiger partial charge on any atom is 0.156 e. The van der Waals surface area contributed by atoms with Crippen LogP contribution in [0.25, 0.3) is 25.9 Å². The summed E-state index contributed by atoms with van der Waals surface area (Å²) >= 11 is 3.56. The highest BCUT2D eigenvalue weighted by molar-refractivity contribution is 7.28. The lowest BCUT2D eigenvalue weighted by Crippen LogP contribution is -2.12. The molecule has 1 saturated heterocycles. The standard InChI is InChI=1S/C18H18N4OS2/c1-10-7-13(21-22-9-11(2)19-16(10)22)17-20-18-15(25-17)8-14(24-18)12-3-5-23-6-4-12/h7-9,12H,3-6H2,1-2H3. The molecule has 0 unspecified atom stereocenters. The van der Waals surface area contributed by atoms with Gasteiger partial charge in [0.05, 0.1) is 16.6 Å². The fraction of sp³-hybridized carbons (Fsp3) is 0.389. The molecule has 0 spiro atoms. The summed E-state index contributed by atoms with van der Waals surface area (Å²) in [7, 11) is 0. The Bertz CT molecular complexity index is 1040. The molecule has 5 heterocycles. The van der Waals surface area contributed by atoms with E-state index in [9.17, 15) is 0 Å². The Hall–Kier alpha value is -1.83. The van der Waals surface area contributed by atoms with Crippen molar-refractivity contribution in [2.24, 2.45) is 0 Å². The minimum atomic E-state index is 0.634. The summed E-state index contributed by atoms with van der Waals surface area (Å²) in [6, 6.07) is 4.41. The maximum absolute atomic E-state index is 5.48. The lowest BCUT2D eigenvalue weighted by molar-refractivity contribution is 0.0860. The molecule has 5 rings (SSSR count). The molecular weight excluding hydrogens is 352 g/mol. The zero-order valence-electron chi connectivity index (χ0n) is 14.2. The fourth-order valence-corrected chi connectivity index (χ4v) is 5.74.